The number of ether oxygens (including phenoxy) is 1. The molecule has 0 aliphatic heterocycles. The van der Waals surface area contributed by atoms with E-state index in [2.05, 4.69) is 16.5 Å². The van der Waals surface area contributed by atoms with Crippen LogP contribution in [0.25, 0.3) is 0 Å². The molecule has 3 N–H and O–H groups in total. The van der Waals surface area contributed by atoms with Crippen LogP contribution >= 0.6 is 0 Å². The summed E-state index contributed by atoms with van der Waals surface area (Å²) in [5.41, 5.74) is 6.13. The van der Waals surface area contributed by atoms with Crippen molar-refractivity contribution in [2.45, 2.75) is 19.4 Å². The lowest BCUT2D eigenvalue weighted by Crippen LogP contribution is -2.29. The Balaban J connectivity index is 2.11. The van der Waals surface area contributed by atoms with Crippen molar-refractivity contribution in [1.29, 1.82) is 0 Å². The van der Waals surface area contributed by atoms with E-state index in [9.17, 15) is 0 Å². The Kier molecular flexibility index (Phi) is 4.49. The number of hydrogen-bond donors (Lipinski definition) is 2. The number of nitrogens with zero attached hydrogens (tertiary/aromatic N) is 1. The van der Waals surface area contributed by atoms with Gasteiger partial charge in [-0.15, -0.1) is 0 Å². The molecule has 4 heteroatoms. The number of nitrogens with one attached hydrogen (secondary N) is 1. The second-order valence-corrected chi connectivity index (χ2v) is 4.50. The van der Waals surface area contributed by atoms with Gasteiger partial charge in [-0.2, -0.15) is 0 Å². The fraction of sp³-hybridized carbons (Fsp3) is 0.267. The number of benzene rings is 1. The monoisotopic (exact) mass is 257 g/mol. The lowest BCUT2D eigenvalue weighted by Gasteiger charge is -2.16. The highest BCUT2D eigenvalue weighted by Crippen LogP contribution is 2.19. The smallest absolute Gasteiger partial charge is 0.118 e. The molecule has 19 heavy (non-hydrogen) atoms. The molecule has 0 saturated heterocycles. The molecule has 0 aliphatic rings. The third-order valence-electron chi connectivity index (χ3n) is 3.14. The van der Waals surface area contributed by atoms with Gasteiger partial charge < -0.3 is 4.74 Å². The molecular weight excluding hydrogens is 238 g/mol. The van der Waals surface area contributed by atoms with Crippen LogP contribution in [-0.2, 0) is 6.42 Å². The SMILES string of the molecule is COc1ccc(CC(NN)c2ccc(C)nc2)cc1. The number of aryl methyl sites for hydroxylation is 1. The fourth-order valence-electron chi connectivity index (χ4n) is 1.96. The minimum atomic E-state index is 0.0569. The van der Waals surface area contributed by atoms with Gasteiger partial charge in [0.15, 0.2) is 0 Å². The Morgan fingerprint density at radius 3 is 2.47 bits per heavy atom. The molecule has 2 rings (SSSR count). The first-order chi connectivity index (χ1) is 9.22. The number of rotatable bonds is 5. The summed E-state index contributed by atoms with van der Waals surface area (Å²) in [4.78, 5) is 4.30. The maximum atomic E-state index is 5.64. The second kappa shape index (κ2) is 6.31. The summed E-state index contributed by atoms with van der Waals surface area (Å²) in [7, 11) is 1.66. The van der Waals surface area contributed by atoms with E-state index in [-0.39, 0.29) is 6.04 Å². The average molecular weight is 257 g/mol. The van der Waals surface area contributed by atoms with E-state index in [1.54, 1.807) is 7.11 Å². The van der Waals surface area contributed by atoms with E-state index in [4.69, 9.17) is 10.6 Å². The van der Waals surface area contributed by atoms with Gasteiger partial charge in [-0.3, -0.25) is 16.3 Å². The van der Waals surface area contributed by atoms with Gasteiger partial charge in [0.1, 0.15) is 5.75 Å². The van der Waals surface area contributed by atoms with Crippen molar-refractivity contribution >= 4 is 0 Å². The molecular formula is C15H19N3O. The number of hydrazine groups is 1. The second-order valence-electron chi connectivity index (χ2n) is 4.50. The Morgan fingerprint density at radius 2 is 1.95 bits per heavy atom. The molecule has 100 valence electrons. The zero-order chi connectivity index (χ0) is 13.7. The lowest BCUT2D eigenvalue weighted by atomic mass is 10.0. The zero-order valence-electron chi connectivity index (χ0n) is 11.3. The van der Waals surface area contributed by atoms with E-state index in [0.717, 1.165) is 23.4 Å². The minimum absolute atomic E-state index is 0.0569. The van der Waals surface area contributed by atoms with Crippen molar-refractivity contribution in [3.05, 3.63) is 59.4 Å². The van der Waals surface area contributed by atoms with Gasteiger partial charge >= 0.3 is 0 Å². The minimum Gasteiger partial charge on any atom is -0.497 e. The van der Waals surface area contributed by atoms with Crippen LogP contribution < -0.4 is 16.0 Å². The van der Waals surface area contributed by atoms with Crippen molar-refractivity contribution in [3.63, 3.8) is 0 Å². The number of pyridine rings is 1. The Bertz CT molecular complexity index is 508. The van der Waals surface area contributed by atoms with Crippen LogP contribution in [0.4, 0.5) is 0 Å². The first kappa shape index (κ1) is 13.5. The van der Waals surface area contributed by atoms with Gasteiger partial charge in [-0.25, -0.2) is 0 Å². The molecule has 4 nitrogen and oxygen atoms in total. The molecule has 0 saturated carbocycles. The number of aromatic nitrogens is 1. The summed E-state index contributed by atoms with van der Waals surface area (Å²) in [5.74, 6) is 6.50. The molecule has 2 aromatic rings. The molecule has 0 spiro atoms. The Morgan fingerprint density at radius 1 is 1.21 bits per heavy atom. The van der Waals surface area contributed by atoms with Crippen molar-refractivity contribution < 1.29 is 4.74 Å². The Labute approximate surface area is 113 Å². The third kappa shape index (κ3) is 3.53. The van der Waals surface area contributed by atoms with Gasteiger partial charge in [-0.1, -0.05) is 18.2 Å². The topological polar surface area (TPSA) is 60.2 Å². The molecule has 1 atom stereocenters. The van der Waals surface area contributed by atoms with Crippen LogP contribution in [0.2, 0.25) is 0 Å². The number of methoxy groups -OCH3 is 1. The van der Waals surface area contributed by atoms with Crippen LogP contribution in [0.3, 0.4) is 0 Å². The molecule has 1 heterocycles. The standard InChI is InChI=1S/C15H19N3O/c1-11-3-6-13(10-17-11)15(18-16)9-12-4-7-14(19-2)8-5-12/h3-8,10,15,18H,9,16H2,1-2H3. The van der Waals surface area contributed by atoms with Crippen molar-refractivity contribution in [2.75, 3.05) is 7.11 Å². The van der Waals surface area contributed by atoms with Crippen molar-refractivity contribution in [1.82, 2.24) is 10.4 Å². The van der Waals surface area contributed by atoms with Crippen molar-refractivity contribution in [2.24, 2.45) is 5.84 Å². The molecule has 1 aromatic heterocycles. The number of nitrogens with two attached hydrogens (primary N) is 1. The van der Waals surface area contributed by atoms with Crippen LogP contribution in [0.15, 0.2) is 42.6 Å². The molecule has 1 aromatic carbocycles. The summed E-state index contributed by atoms with van der Waals surface area (Å²) in [6, 6.07) is 12.1. The largest absolute Gasteiger partial charge is 0.497 e. The maximum absolute atomic E-state index is 5.64. The van der Waals surface area contributed by atoms with Gasteiger partial charge in [0.05, 0.1) is 13.2 Å². The highest BCUT2D eigenvalue weighted by Gasteiger charge is 2.10. The van der Waals surface area contributed by atoms with Gasteiger partial charge in [0.25, 0.3) is 0 Å². The van der Waals surface area contributed by atoms with E-state index >= 15 is 0 Å². The first-order valence-electron chi connectivity index (χ1n) is 6.24. The quantitative estimate of drug-likeness (QED) is 0.636. The predicted octanol–water partition coefficient (Wildman–Crippen LogP) is 2.15. The van der Waals surface area contributed by atoms with Crippen LogP contribution in [0.5, 0.6) is 5.75 Å². The van der Waals surface area contributed by atoms with E-state index < -0.39 is 0 Å². The van der Waals surface area contributed by atoms with Crippen LogP contribution in [-0.4, -0.2) is 12.1 Å². The molecule has 0 bridgehead atoms. The summed E-state index contributed by atoms with van der Waals surface area (Å²) >= 11 is 0. The van der Waals surface area contributed by atoms with E-state index in [1.165, 1.54) is 5.56 Å². The summed E-state index contributed by atoms with van der Waals surface area (Å²) in [5, 5.41) is 0. The lowest BCUT2D eigenvalue weighted by molar-refractivity contribution is 0.414. The Hall–Kier alpha value is -1.91. The maximum Gasteiger partial charge on any atom is 0.118 e. The number of hydrogen-bond acceptors (Lipinski definition) is 4. The van der Waals surface area contributed by atoms with Crippen LogP contribution in [0, 0.1) is 6.92 Å². The van der Waals surface area contributed by atoms with Crippen molar-refractivity contribution in [3.8, 4) is 5.75 Å². The molecule has 0 fully saturated rings. The van der Waals surface area contributed by atoms with Gasteiger partial charge in [-0.05, 0) is 42.7 Å². The third-order valence-corrected chi connectivity index (χ3v) is 3.14. The van der Waals surface area contributed by atoms with Crippen LogP contribution in [0.1, 0.15) is 22.9 Å². The van der Waals surface area contributed by atoms with Gasteiger partial charge in [0.2, 0.25) is 0 Å². The molecule has 0 radical (unpaired) electrons. The molecule has 0 amide bonds. The first-order valence-corrected chi connectivity index (χ1v) is 6.24. The predicted molar refractivity (Wildman–Crippen MR) is 75.7 cm³/mol. The highest BCUT2D eigenvalue weighted by molar-refractivity contribution is 5.29. The summed E-state index contributed by atoms with van der Waals surface area (Å²) < 4.78 is 5.15. The average Bonchev–Trinajstić information content (AvgIpc) is 2.46. The van der Waals surface area contributed by atoms with Gasteiger partial charge in [0, 0.05) is 11.9 Å². The summed E-state index contributed by atoms with van der Waals surface area (Å²) in [6.07, 6.45) is 2.68. The normalized spacial score (nSPS) is 12.2. The highest BCUT2D eigenvalue weighted by atomic mass is 16.5. The van der Waals surface area contributed by atoms with E-state index in [0.29, 0.717) is 0 Å². The zero-order valence-corrected chi connectivity index (χ0v) is 11.3. The molecule has 0 aliphatic carbocycles. The van der Waals surface area contributed by atoms with E-state index in [1.807, 2.05) is 43.5 Å². The molecule has 1 unspecified atom stereocenters. The summed E-state index contributed by atoms with van der Waals surface area (Å²) in [6.45, 7) is 1.97. The fourth-order valence-corrected chi connectivity index (χ4v) is 1.96.